The quantitative estimate of drug-likeness (QED) is 0.557. The molecule has 0 aliphatic heterocycles. The van der Waals surface area contributed by atoms with E-state index in [1.165, 1.54) is 0 Å². The van der Waals surface area contributed by atoms with Gasteiger partial charge in [0, 0.05) is 12.1 Å². The fraction of sp³-hybridized carbons (Fsp3) is 0.875. The molecule has 0 aliphatic carbocycles. The number of hydrogen-bond acceptors (Lipinski definition) is 4. The van der Waals surface area contributed by atoms with Crippen molar-refractivity contribution in [3.63, 3.8) is 0 Å². The second kappa shape index (κ2) is 4.91. The average Bonchev–Trinajstić information content (AvgIpc) is 1.95. The summed E-state index contributed by atoms with van der Waals surface area (Å²) in [7, 11) is -3.28. The van der Waals surface area contributed by atoms with Crippen molar-refractivity contribution in [3.8, 4) is 0 Å². The van der Waals surface area contributed by atoms with Crippen molar-refractivity contribution < 1.29 is 13.2 Å². The summed E-state index contributed by atoms with van der Waals surface area (Å²) in [6.45, 7) is 5.11. The number of amides is 1. The van der Waals surface area contributed by atoms with Crippen LogP contribution in [0.1, 0.15) is 20.8 Å². The fourth-order valence-electron chi connectivity index (χ4n) is 1.01. The topological polar surface area (TPSA) is 101 Å². The molecule has 0 fully saturated rings. The van der Waals surface area contributed by atoms with Gasteiger partial charge in [-0.3, -0.25) is 4.79 Å². The van der Waals surface area contributed by atoms with Gasteiger partial charge in [0.2, 0.25) is 15.9 Å². The van der Waals surface area contributed by atoms with Crippen LogP contribution in [-0.4, -0.2) is 38.7 Å². The molecule has 0 saturated heterocycles. The molecule has 0 aromatic rings. The third-order valence-corrected chi connectivity index (χ3v) is 2.50. The summed E-state index contributed by atoms with van der Waals surface area (Å²) in [5.41, 5.74) is 4.62. The lowest BCUT2D eigenvalue weighted by molar-refractivity contribution is -0.122. The molecule has 0 aromatic carbocycles. The van der Waals surface area contributed by atoms with Gasteiger partial charge < -0.3 is 11.1 Å². The van der Waals surface area contributed by atoms with Crippen molar-refractivity contribution in [2.75, 3.05) is 12.8 Å². The maximum Gasteiger partial charge on any atom is 0.236 e. The van der Waals surface area contributed by atoms with E-state index in [-0.39, 0.29) is 12.5 Å². The number of carbonyl (C=O) groups excluding carboxylic acids is 1. The molecule has 0 spiro atoms. The van der Waals surface area contributed by atoms with Crippen LogP contribution >= 0.6 is 0 Å². The van der Waals surface area contributed by atoms with Gasteiger partial charge in [0.25, 0.3) is 0 Å². The van der Waals surface area contributed by atoms with Gasteiger partial charge in [0.15, 0.2) is 0 Å². The number of sulfonamides is 1. The predicted octanol–water partition coefficient (Wildman–Crippen LogP) is -1.22. The first kappa shape index (κ1) is 14.3. The molecule has 90 valence electrons. The number of nitrogens with one attached hydrogen (secondary N) is 2. The largest absolute Gasteiger partial charge is 0.353 e. The van der Waals surface area contributed by atoms with E-state index in [9.17, 15) is 13.2 Å². The lowest BCUT2D eigenvalue weighted by Gasteiger charge is -2.25. The fourth-order valence-corrected chi connectivity index (χ4v) is 2.08. The smallest absolute Gasteiger partial charge is 0.236 e. The van der Waals surface area contributed by atoms with Crippen molar-refractivity contribution >= 4 is 15.9 Å². The van der Waals surface area contributed by atoms with E-state index in [0.29, 0.717) is 0 Å². The molecular formula is C8H19N3O3S. The summed E-state index contributed by atoms with van der Waals surface area (Å²) in [5.74, 6) is -0.307. The normalized spacial score (nSPS) is 14.7. The minimum Gasteiger partial charge on any atom is -0.353 e. The molecule has 1 atom stereocenters. The van der Waals surface area contributed by atoms with Crippen molar-refractivity contribution in [2.45, 2.75) is 32.4 Å². The van der Waals surface area contributed by atoms with E-state index in [4.69, 9.17) is 5.73 Å². The van der Waals surface area contributed by atoms with Crippen LogP contribution in [0.5, 0.6) is 0 Å². The van der Waals surface area contributed by atoms with Gasteiger partial charge in [0.1, 0.15) is 0 Å². The van der Waals surface area contributed by atoms with Gasteiger partial charge in [-0.25, -0.2) is 13.1 Å². The van der Waals surface area contributed by atoms with E-state index < -0.39 is 21.6 Å². The maximum atomic E-state index is 11.1. The Morgan fingerprint density at radius 2 is 1.93 bits per heavy atom. The average molecular weight is 237 g/mol. The highest BCUT2D eigenvalue weighted by Gasteiger charge is 2.23. The molecule has 0 radical (unpaired) electrons. The molecule has 0 bridgehead atoms. The summed E-state index contributed by atoms with van der Waals surface area (Å²) in [5, 5.41) is 2.55. The van der Waals surface area contributed by atoms with E-state index in [2.05, 4.69) is 10.0 Å². The lowest BCUT2D eigenvalue weighted by Crippen LogP contribution is -2.53. The Balaban J connectivity index is 4.22. The SMILES string of the molecule is C[C@H](N)C(=O)NCC(C)(C)NS(C)(=O)=O. The number of nitrogens with two attached hydrogens (primary N) is 1. The van der Waals surface area contributed by atoms with Gasteiger partial charge in [-0.15, -0.1) is 0 Å². The van der Waals surface area contributed by atoms with Crippen LogP contribution < -0.4 is 15.8 Å². The van der Waals surface area contributed by atoms with Crippen molar-refractivity contribution in [3.05, 3.63) is 0 Å². The Hall–Kier alpha value is -0.660. The molecule has 0 saturated carbocycles. The number of rotatable bonds is 5. The molecule has 0 unspecified atom stereocenters. The van der Waals surface area contributed by atoms with Crippen LogP contribution in [0.4, 0.5) is 0 Å². The molecule has 0 aromatic heterocycles. The standard InChI is InChI=1S/C8H19N3O3S/c1-6(9)7(12)10-5-8(2,3)11-15(4,13)14/h6,11H,5,9H2,1-4H3,(H,10,12)/t6-/m0/s1. The summed E-state index contributed by atoms with van der Waals surface area (Å²) >= 11 is 0. The maximum absolute atomic E-state index is 11.1. The minimum absolute atomic E-state index is 0.195. The zero-order chi connectivity index (χ0) is 12.3. The molecule has 15 heavy (non-hydrogen) atoms. The Bertz CT molecular complexity index is 322. The Labute approximate surface area is 90.7 Å². The first-order valence-corrected chi connectivity index (χ1v) is 6.45. The Morgan fingerprint density at radius 1 is 1.47 bits per heavy atom. The van der Waals surface area contributed by atoms with E-state index in [0.717, 1.165) is 6.26 Å². The first-order chi connectivity index (χ1) is 6.53. The number of hydrogen-bond donors (Lipinski definition) is 3. The lowest BCUT2D eigenvalue weighted by atomic mass is 10.1. The highest BCUT2D eigenvalue weighted by atomic mass is 32.2. The molecule has 0 rings (SSSR count). The minimum atomic E-state index is -3.28. The van der Waals surface area contributed by atoms with Crippen molar-refractivity contribution in [1.29, 1.82) is 0 Å². The monoisotopic (exact) mass is 237 g/mol. The van der Waals surface area contributed by atoms with Crippen LogP contribution in [-0.2, 0) is 14.8 Å². The molecular weight excluding hydrogens is 218 g/mol. The van der Waals surface area contributed by atoms with Crippen LogP contribution in [0.25, 0.3) is 0 Å². The van der Waals surface area contributed by atoms with Crippen molar-refractivity contribution in [2.24, 2.45) is 5.73 Å². The van der Waals surface area contributed by atoms with Gasteiger partial charge in [-0.05, 0) is 20.8 Å². The predicted molar refractivity (Wildman–Crippen MR) is 58.7 cm³/mol. The van der Waals surface area contributed by atoms with Crippen LogP contribution in [0.3, 0.4) is 0 Å². The Morgan fingerprint density at radius 3 is 2.27 bits per heavy atom. The second-order valence-corrected chi connectivity index (χ2v) is 6.01. The summed E-state index contributed by atoms with van der Waals surface area (Å²) in [6, 6.07) is -0.598. The van der Waals surface area contributed by atoms with Gasteiger partial charge >= 0.3 is 0 Å². The van der Waals surface area contributed by atoms with E-state index in [1.807, 2.05) is 0 Å². The highest BCUT2D eigenvalue weighted by molar-refractivity contribution is 7.88. The molecule has 1 amide bonds. The molecule has 6 nitrogen and oxygen atoms in total. The second-order valence-electron chi connectivity index (χ2n) is 4.26. The van der Waals surface area contributed by atoms with E-state index in [1.54, 1.807) is 20.8 Å². The van der Waals surface area contributed by atoms with Crippen LogP contribution in [0.15, 0.2) is 0 Å². The van der Waals surface area contributed by atoms with Gasteiger partial charge in [-0.1, -0.05) is 0 Å². The molecule has 7 heteroatoms. The zero-order valence-corrected chi connectivity index (χ0v) is 10.3. The number of carbonyl (C=O) groups is 1. The van der Waals surface area contributed by atoms with Gasteiger partial charge in [0.05, 0.1) is 12.3 Å². The van der Waals surface area contributed by atoms with Crippen LogP contribution in [0, 0.1) is 0 Å². The summed E-state index contributed by atoms with van der Waals surface area (Å²) in [6.07, 6.45) is 1.07. The molecule has 0 heterocycles. The summed E-state index contributed by atoms with van der Waals surface area (Å²) in [4.78, 5) is 11.1. The highest BCUT2D eigenvalue weighted by Crippen LogP contribution is 2.01. The van der Waals surface area contributed by atoms with Crippen LogP contribution in [0.2, 0.25) is 0 Å². The summed E-state index contributed by atoms with van der Waals surface area (Å²) < 4.78 is 24.4. The molecule has 0 aliphatic rings. The first-order valence-electron chi connectivity index (χ1n) is 4.56. The third kappa shape index (κ3) is 7.29. The van der Waals surface area contributed by atoms with Crippen molar-refractivity contribution in [1.82, 2.24) is 10.0 Å². The third-order valence-electron chi connectivity index (χ3n) is 1.58. The Kier molecular flexibility index (Phi) is 4.69. The van der Waals surface area contributed by atoms with Gasteiger partial charge in [-0.2, -0.15) is 0 Å². The molecule has 4 N–H and O–H groups in total. The zero-order valence-electron chi connectivity index (χ0n) is 9.49. The van der Waals surface area contributed by atoms with E-state index >= 15 is 0 Å².